The van der Waals surface area contributed by atoms with Crippen LogP contribution >= 0.6 is 0 Å². The molecule has 2 aliphatic rings. The summed E-state index contributed by atoms with van der Waals surface area (Å²) in [5.41, 5.74) is 3.78. The quantitative estimate of drug-likeness (QED) is 0.327. The fourth-order valence-corrected chi connectivity index (χ4v) is 4.86. The monoisotopic (exact) mass is 499 g/mol. The van der Waals surface area contributed by atoms with Crippen LogP contribution in [0.15, 0.2) is 77.3 Å². The summed E-state index contributed by atoms with van der Waals surface area (Å²) in [6, 6.07) is 21.1. The van der Waals surface area contributed by atoms with Gasteiger partial charge in [0.1, 0.15) is 11.5 Å². The molecule has 3 heterocycles. The minimum Gasteiger partial charge on any atom is -0.454 e. The summed E-state index contributed by atoms with van der Waals surface area (Å²) in [5.74, 6) is 1.42. The molecule has 1 fully saturated rings. The number of halogens is 1. The lowest BCUT2D eigenvalue weighted by Gasteiger charge is -2.25. The van der Waals surface area contributed by atoms with Gasteiger partial charge < -0.3 is 23.8 Å². The van der Waals surface area contributed by atoms with E-state index in [1.165, 1.54) is 24.3 Å². The van der Waals surface area contributed by atoms with Crippen LogP contribution in [0.25, 0.3) is 11.3 Å². The lowest BCUT2D eigenvalue weighted by Crippen LogP contribution is -2.31. The van der Waals surface area contributed by atoms with Crippen molar-refractivity contribution in [1.29, 1.82) is 0 Å². The van der Waals surface area contributed by atoms with Crippen molar-refractivity contribution in [2.24, 2.45) is 0 Å². The molecule has 1 amide bonds. The molecule has 7 nitrogen and oxygen atoms in total. The standard InChI is InChI=1S/C29H26FN3O4/c30-23-11-9-22(10-12-23)28(34)33(17-20-8-13-25-26(16-20)36-19-35-25)18-24-27(21-6-2-1-3-7-21)31-37-29(24)32-14-4-5-15-32/h1-3,6-13,16H,4-5,14-15,17-19H2. The van der Waals surface area contributed by atoms with Gasteiger partial charge in [0, 0.05) is 30.8 Å². The highest BCUT2D eigenvalue weighted by molar-refractivity contribution is 5.94. The molecule has 1 saturated heterocycles. The van der Waals surface area contributed by atoms with Gasteiger partial charge in [-0.1, -0.05) is 41.6 Å². The molecule has 0 saturated carbocycles. The van der Waals surface area contributed by atoms with E-state index >= 15 is 0 Å². The third-order valence-corrected chi connectivity index (χ3v) is 6.75. The number of aromatic nitrogens is 1. The Morgan fingerprint density at radius 1 is 0.919 bits per heavy atom. The van der Waals surface area contributed by atoms with Crippen molar-refractivity contribution >= 4 is 11.8 Å². The predicted molar refractivity (Wildman–Crippen MR) is 136 cm³/mol. The topological polar surface area (TPSA) is 68.0 Å². The molecular formula is C29H26FN3O4. The minimum absolute atomic E-state index is 0.178. The Hall–Kier alpha value is -4.33. The van der Waals surface area contributed by atoms with Crippen LogP contribution in [0.3, 0.4) is 0 Å². The number of ether oxygens (including phenoxy) is 2. The average molecular weight is 500 g/mol. The summed E-state index contributed by atoms with van der Waals surface area (Å²) in [6.45, 7) is 2.52. The number of nitrogens with zero attached hydrogens (tertiary/aromatic N) is 3. The van der Waals surface area contributed by atoms with Crippen molar-refractivity contribution in [3.8, 4) is 22.8 Å². The maximum absolute atomic E-state index is 13.8. The first-order chi connectivity index (χ1) is 18.2. The van der Waals surface area contributed by atoms with E-state index in [1.54, 1.807) is 4.90 Å². The second-order valence-corrected chi connectivity index (χ2v) is 9.23. The van der Waals surface area contributed by atoms with Crippen LogP contribution < -0.4 is 14.4 Å². The Bertz CT molecular complexity index is 1400. The summed E-state index contributed by atoms with van der Waals surface area (Å²) in [5, 5.41) is 4.44. The van der Waals surface area contributed by atoms with E-state index in [0.29, 0.717) is 35.2 Å². The van der Waals surface area contributed by atoms with E-state index in [0.717, 1.165) is 42.6 Å². The Kier molecular flexibility index (Phi) is 6.22. The molecule has 0 unspecified atom stereocenters. The van der Waals surface area contributed by atoms with Crippen molar-refractivity contribution in [2.75, 3.05) is 24.8 Å². The van der Waals surface area contributed by atoms with Gasteiger partial charge in [-0.3, -0.25) is 4.79 Å². The van der Waals surface area contributed by atoms with E-state index < -0.39 is 0 Å². The molecular weight excluding hydrogens is 473 g/mol. The Morgan fingerprint density at radius 3 is 2.46 bits per heavy atom. The molecule has 8 heteroatoms. The lowest BCUT2D eigenvalue weighted by molar-refractivity contribution is 0.0730. The summed E-state index contributed by atoms with van der Waals surface area (Å²) in [4.78, 5) is 17.7. The second-order valence-electron chi connectivity index (χ2n) is 9.23. The molecule has 0 spiro atoms. The Balaban J connectivity index is 1.39. The number of carbonyl (C=O) groups excluding carboxylic acids is 1. The first-order valence-corrected chi connectivity index (χ1v) is 12.4. The largest absolute Gasteiger partial charge is 0.454 e. The molecule has 3 aromatic carbocycles. The van der Waals surface area contributed by atoms with E-state index in [4.69, 9.17) is 14.0 Å². The molecule has 0 aliphatic carbocycles. The summed E-state index contributed by atoms with van der Waals surface area (Å²) in [7, 11) is 0. The number of carbonyl (C=O) groups is 1. The maximum Gasteiger partial charge on any atom is 0.254 e. The smallest absolute Gasteiger partial charge is 0.254 e. The number of hydrogen-bond acceptors (Lipinski definition) is 6. The molecule has 1 aromatic heterocycles. The van der Waals surface area contributed by atoms with Crippen LogP contribution in [0.4, 0.5) is 10.3 Å². The van der Waals surface area contributed by atoms with Crippen molar-refractivity contribution in [3.05, 3.63) is 95.3 Å². The molecule has 6 rings (SSSR count). The Labute approximate surface area is 214 Å². The van der Waals surface area contributed by atoms with Crippen molar-refractivity contribution in [2.45, 2.75) is 25.9 Å². The van der Waals surface area contributed by atoms with Crippen LogP contribution in [0.2, 0.25) is 0 Å². The number of amides is 1. The number of fused-ring (bicyclic) bond motifs is 1. The van der Waals surface area contributed by atoms with Gasteiger partial charge >= 0.3 is 0 Å². The number of benzene rings is 3. The molecule has 188 valence electrons. The fourth-order valence-electron chi connectivity index (χ4n) is 4.86. The second kappa shape index (κ2) is 9.97. The van der Waals surface area contributed by atoms with Crippen LogP contribution in [0.1, 0.15) is 34.3 Å². The highest BCUT2D eigenvalue weighted by Crippen LogP contribution is 2.36. The highest BCUT2D eigenvalue weighted by Gasteiger charge is 2.28. The van der Waals surface area contributed by atoms with Gasteiger partial charge in [0.25, 0.3) is 5.91 Å². The summed E-state index contributed by atoms with van der Waals surface area (Å²) >= 11 is 0. The zero-order chi connectivity index (χ0) is 25.2. The van der Waals surface area contributed by atoms with E-state index in [1.807, 2.05) is 48.5 Å². The molecule has 4 aromatic rings. The molecule has 37 heavy (non-hydrogen) atoms. The first-order valence-electron chi connectivity index (χ1n) is 12.4. The number of rotatable bonds is 7. The van der Waals surface area contributed by atoms with Gasteiger partial charge in [-0.05, 0) is 54.8 Å². The molecule has 0 bridgehead atoms. The summed E-state index contributed by atoms with van der Waals surface area (Å²) < 4.78 is 30.5. The van der Waals surface area contributed by atoms with Gasteiger partial charge in [0.2, 0.25) is 12.7 Å². The zero-order valence-electron chi connectivity index (χ0n) is 20.2. The van der Waals surface area contributed by atoms with Crippen LogP contribution in [-0.4, -0.2) is 35.8 Å². The zero-order valence-corrected chi connectivity index (χ0v) is 20.2. The van der Waals surface area contributed by atoms with E-state index in [-0.39, 0.29) is 25.1 Å². The first kappa shape index (κ1) is 23.1. The van der Waals surface area contributed by atoms with E-state index in [9.17, 15) is 9.18 Å². The van der Waals surface area contributed by atoms with Gasteiger partial charge in [0.15, 0.2) is 11.5 Å². The van der Waals surface area contributed by atoms with E-state index in [2.05, 4.69) is 10.1 Å². The number of hydrogen-bond donors (Lipinski definition) is 0. The molecule has 2 aliphatic heterocycles. The van der Waals surface area contributed by atoms with Gasteiger partial charge in [-0.25, -0.2) is 4.39 Å². The summed E-state index contributed by atoms with van der Waals surface area (Å²) in [6.07, 6.45) is 2.16. The van der Waals surface area contributed by atoms with Crippen LogP contribution in [0.5, 0.6) is 11.5 Å². The third-order valence-electron chi connectivity index (χ3n) is 6.75. The molecule has 0 radical (unpaired) electrons. The molecule has 0 atom stereocenters. The highest BCUT2D eigenvalue weighted by atomic mass is 19.1. The van der Waals surface area contributed by atoms with Gasteiger partial charge in [0.05, 0.1) is 12.1 Å². The Morgan fingerprint density at radius 2 is 1.68 bits per heavy atom. The fraction of sp³-hybridized carbons (Fsp3) is 0.241. The van der Waals surface area contributed by atoms with Gasteiger partial charge in [-0.15, -0.1) is 0 Å². The van der Waals surface area contributed by atoms with Crippen molar-refractivity contribution in [1.82, 2.24) is 10.1 Å². The predicted octanol–water partition coefficient (Wildman–Crippen LogP) is 5.65. The van der Waals surface area contributed by atoms with Crippen molar-refractivity contribution in [3.63, 3.8) is 0 Å². The van der Waals surface area contributed by atoms with Crippen molar-refractivity contribution < 1.29 is 23.2 Å². The average Bonchev–Trinajstić information content (AvgIpc) is 3.69. The maximum atomic E-state index is 13.8. The van der Waals surface area contributed by atoms with Gasteiger partial charge in [-0.2, -0.15) is 0 Å². The van der Waals surface area contributed by atoms with Crippen LogP contribution in [-0.2, 0) is 13.1 Å². The number of anilines is 1. The van der Waals surface area contributed by atoms with Crippen LogP contribution in [0, 0.1) is 5.82 Å². The third kappa shape index (κ3) is 4.74. The normalized spacial score (nSPS) is 14.2. The molecule has 0 N–H and O–H groups in total. The SMILES string of the molecule is O=C(c1ccc(F)cc1)N(Cc1ccc2c(c1)OCO2)Cc1c(-c2ccccc2)noc1N1CCCC1. The lowest BCUT2D eigenvalue weighted by atomic mass is 10.1. The minimum atomic E-state index is -0.388.